The molecule has 0 saturated carbocycles. The fraction of sp³-hybridized carbons (Fsp3) is 0.633. The molecule has 6 unspecified atom stereocenters. The molecule has 45 heavy (non-hydrogen) atoms. The number of ether oxygens (including phenoxy) is 3. The molecule has 0 fully saturated rings. The number of methoxy groups -OCH3 is 3. The quantitative estimate of drug-likeness (QED) is 0.0986. The van der Waals surface area contributed by atoms with Crippen LogP contribution in [0.25, 0.3) is 0 Å². The smallest absolute Gasteiger partial charge is 0.326 e. The van der Waals surface area contributed by atoms with E-state index in [1.165, 1.54) is 28.3 Å². The predicted octanol–water partition coefficient (Wildman–Crippen LogP) is 0.756. The van der Waals surface area contributed by atoms with Crippen molar-refractivity contribution in [3.05, 3.63) is 17.7 Å². The van der Waals surface area contributed by atoms with E-state index in [2.05, 4.69) is 16.0 Å². The number of rotatable bonds is 21. The Labute approximate surface area is 263 Å². The number of amides is 3. The van der Waals surface area contributed by atoms with Crippen LogP contribution >= 0.6 is 0 Å². The molecule has 254 valence electrons. The van der Waals surface area contributed by atoms with Crippen LogP contribution in [0.4, 0.5) is 0 Å². The van der Waals surface area contributed by atoms with Crippen molar-refractivity contribution < 1.29 is 53.5 Å². The summed E-state index contributed by atoms with van der Waals surface area (Å²) >= 11 is 0. The number of nitrogens with one attached hydrogen (secondary N) is 3. The highest BCUT2D eigenvalue weighted by Crippen LogP contribution is 2.41. The molecule has 0 saturated heterocycles. The van der Waals surface area contributed by atoms with Gasteiger partial charge in [-0.25, -0.2) is 4.79 Å². The molecule has 8 N–H and O–H groups in total. The van der Waals surface area contributed by atoms with Crippen LogP contribution in [0.1, 0.15) is 70.8 Å². The zero-order chi connectivity index (χ0) is 34.3. The SMILES string of the molecule is COc1cc(C(C)CC(C)C(=O)NC(C)C(=O)NC(CCC(=O)NC(CO)CCCC(N)C(=O)O)C(=O)O)cc(OC)c1OC. The van der Waals surface area contributed by atoms with Gasteiger partial charge in [-0.2, -0.15) is 0 Å². The number of carboxylic acids is 2. The fourth-order valence-corrected chi connectivity index (χ4v) is 4.63. The van der Waals surface area contributed by atoms with Crippen molar-refractivity contribution in [1.29, 1.82) is 0 Å². The maximum Gasteiger partial charge on any atom is 0.326 e. The number of nitrogens with two attached hydrogens (primary N) is 1. The molecule has 0 spiro atoms. The highest BCUT2D eigenvalue weighted by molar-refractivity contribution is 5.90. The second-order valence-corrected chi connectivity index (χ2v) is 11.0. The van der Waals surface area contributed by atoms with Crippen LogP contribution < -0.4 is 35.9 Å². The van der Waals surface area contributed by atoms with Gasteiger partial charge < -0.3 is 51.2 Å². The third-order valence-corrected chi connectivity index (χ3v) is 7.41. The molecule has 1 aromatic carbocycles. The minimum atomic E-state index is -1.40. The second kappa shape index (κ2) is 19.3. The molecule has 0 aliphatic heterocycles. The number of carboxylic acid groups (broad SMARTS) is 2. The number of carbonyl (C=O) groups excluding carboxylic acids is 3. The first kappa shape index (κ1) is 38.9. The lowest BCUT2D eigenvalue weighted by molar-refractivity contribution is -0.142. The number of aliphatic carboxylic acids is 2. The van der Waals surface area contributed by atoms with Gasteiger partial charge in [0, 0.05) is 12.3 Å². The van der Waals surface area contributed by atoms with Crippen molar-refractivity contribution in [2.45, 2.75) is 89.4 Å². The van der Waals surface area contributed by atoms with E-state index in [1.54, 1.807) is 19.1 Å². The molecule has 0 aliphatic carbocycles. The van der Waals surface area contributed by atoms with Gasteiger partial charge in [0.1, 0.15) is 18.1 Å². The van der Waals surface area contributed by atoms with E-state index in [0.717, 1.165) is 5.56 Å². The Bertz CT molecular complexity index is 1140. The van der Waals surface area contributed by atoms with Gasteiger partial charge in [-0.1, -0.05) is 13.8 Å². The Kier molecular flexibility index (Phi) is 16.7. The molecule has 0 aromatic heterocycles. The molecule has 0 bridgehead atoms. The molecule has 0 radical (unpaired) electrons. The van der Waals surface area contributed by atoms with Crippen molar-refractivity contribution in [2.75, 3.05) is 27.9 Å². The number of hydrogen-bond acceptors (Lipinski definition) is 10. The maximum absolute atomic E-state index is 12.9. The van der Waals surface area contributed by atoms with Gasteiger partial charge in [0.15, 0.2) is 11.5 Å². The first-order valence-electron chi connectivity index (χ1n) is 14.7. The van der Waals surface area contributed by atoms with Gasteiger partial charge in [0.25, 0.3) is 0 Å². The Morgan fingerprint density at radius 2 is 1.42 bits per heavy atom. The summed E-state index contributed by atoms with van der Waals surface area (Å²) in [5, 5.41) is 35.5. The van der Waals surface area contributed by atoms with Crippen LogP contribution in [0.3, 0.4) is 0 Å². The minimum Gasteiger partial charge on any atom is -0.493 e. The van der Waals surface area contributed by atoms with E-state index < -0.39 is 66.4 Å². The number of carbonyl (C=O) groups is 5. The standard InChI is InChI=1S/C30H48N4O11/c1-16(19-13-23(43-4)26(45-6)24(14-19)44-5)12-17(2)27(37)32-18(3)28(38)34-22(30(41)42)10-11-25(36)33-20(15-35)8-7-9-21(31)29(39)40/h13-14,16-18,20-22,35H,7-12,15,31H2,1-6H3,(H,32,37)(H,33,36)(H,34,38)(H,39,40)(H,41,42). The minimum absolute atomic E-state index is 0.0983. The molecular weight excluding hydrogens is 592 g/mol. The van der Waals surface area contributed by atoms with E-state index in [0.29, 0.717) is 30.1 Å². The molecule has 15 heteroatoms. The van der Waals surface area contributed by atoms with E-state index in [9.17, 15) is 34.2 Å². The second-order valence-electron chi connectivity index (χ2n) is 11.0. The van der Waals surface area contributed by atoms with Gasteiger partial charge in [-0.05, 0) is 62.6 Å². The van der Waals surface area contributed by atoms with Crippen LogP contribution in [-0.4, -0.2) is 97.1 Å². The van der Waals surface area contributed by atoms with E-state index in [-0.39, 0.29) is 31.6 Å². The van der Waals surface area contributed by atoms with Gasteiger partial charge in [-0.15, -0.1) is 0 Å². The van der Waals surface area contributed by atoms with Gasteiger partial charge in [0.2, 0.25) is 23.5 Å². The van der Waals surface area contributed by atoms with Gasteiger partial charge in [0.05, 0.1) is 34.0 Å². The Hall–Kier alpha value is -4.11. The summed E-state index contributed by atoms with van der Waals surface area (Å²) in [6.45, 7) is 4.68. The highest BCUT2D eigenvalue weighted by Gasteiger charge is 2.27. The predicted molar refractivity (Wildman–Crippen MR) is 163 cm³/mol. The number of hydrogen-bond donors (Lipinski definition) is 7. The van der Waals surface area contributed by atoms with Crippen molar-refractivity contribution in [2.24, 2.45) is 11.7 Å². The van der Waals surface area contributed by atoms with E-state index >= 15 is 0 Å². The summed E-state index contributed by atoms with van der Waals surface area (Å²) in [5.41, 5.74) is 6.31. The molecule has 1 rings (SSSR count). The Morgan fingerprint density at radius 1 is 0.822 bits per heavy atom. The Balaban J connectivity index is 2.67. The summed E-state index contributed by atoms with van der Waals surface area (Å²) in [7, 11) is 4.53. The van der Waals surface area contributed by atoms with Crippen LogP contribution in [0.15, 0.2) is 12.1 Å². The van der Waals surface area contributed by atoms with Gasteiger partial charge >= 0.3 is 11.9 Å². The van der Waals surface area contributed by atoms with Crippen LogP contribution in [0, 0.1) is 5.92 Å². The number of benzene rings is 1. The zero-order valence-electron chi connectivity index (χ0n) is 26.8. The molecule has 0 heterocycles. The topological polar surface area (TPSA) is 236 Å². The average molecular weight is 641 g/mol. The van der Waals surface area contributed by atoms with Crippen molar-refractivity contribution in [1.82, 2.24) is 16.0 Å². The van der Waals surface area contributed by atoms with E-state index in [4.69, 9.17) is 25.1 Å². The van der Waals surface area contributed by atoms with Crippen LogP contribution in [0.2, 0.25) is 0 Å². The van der Waals surface area contributed by atoms with Crippen LogP contribution in [-0.2, 0) is 24.0 Å². The summed E-state index contributed by atoms with van der Waals surface area (Å²) in [6.07, 6.45) is 0.705. The van der Waals surface area contributed by atoms with Crippen molar-refractivity contribution >= 4 is 29.7 Å². The first-order chi connectivity index (χ1) is 21.2. The summed E-state index contributed by atoms with van der Waals surface area (Å²) in [4.78, 5) is 60.6. The largest absolute Gasteiger partial charge is 0.493 e. The third-order valence-electron chi connectivity index (χ3n) is 7.41. The van der Waals surface area contributed by atoms with Crippen molar-refractivity contribution in [3.8, 4) is 17.2 Å². The summed E-state index contributed by atoms with van der Waals surface area (Å²) in [6, 6.07) is -0.551. The molecule has 3 amide bonds. The van der Waals surface area contributed by atoms with Gasteiger partial charge in [-0.3, -0.25) is 19.2 Å². The lowest BCUT2D eigenvalue weighted by Gasteiger charge is -2.23. The Morgan fingerprint density at radius 3 is 1.91 bits per heavy atom. The molecular formula is C30H48N4O11. The molecule has 6 atom stereocenters. The highest BCUT2D eigenvalue weighted by atomic mass is 16.5. The molecule has 15 nitrogen and oxygen atoms in total. The summed E-state index contributed by atoms with van der Waals surface area (Å²) < 4.78 is 16.2. The number of aliphatic hydroxyl groups is 1. The monoisotopic (exact) mass is 640 g/mol. The zero-order valence-corrected chi connectivity index (χ0v) is 26.8. The lowest BCUT2D eigenvalue weighted by atomic mass is 9.90. The average Bonchev–Trinajstić information content (AvgIpc) is 3.00. The molecule has 0 aliphatic rings. The van der Waals surface area contributed by atoms with E-state index in [1.807, 2.05) is 6.92 Å². The van der Waals surface area contributed by atoms with Crippen molar-refractivity contribution in [3.63, 3.8) is 0 Å². The number of aliphatic hydroxyl groups excluding tert-OH is 1. The summed E-state index contributed by atoms with van der Waals surface area (Å²) in [5.74, 6) is -3.37. The normalized spacial score (nSPS) is 14.9. The fourth-order valence-electron chi connectivity index (χ4n) is 4.63. The molecule has 1 aromatic rings. The third kappa shape index (κ3) is 12.8. The lowest BCUT2D eigenvalue weighted by Crippen LogP contribution is -2.51. The van der Waals surface area contributed by atoms with Crippen LogP contribution in [0.5, 0.6) is 17.2 Å². The first-order valence-corrected chi connectivity index (χ1v) is 14.7. The maximum atomic E-state index is 12.9.